The zero-order valence-corrected chi connectivity index (χ0v) is 17.5. The highest BCUT2D eigenvalue weighted by Gasteiger charge is 2.23. The summed E-state index contributed by atoms with van der Waals surface area (Å²) in [6.07, 6.45) is 0. The minimum Gasteiger partial charge on any atom is -0.475 e. The van der Waals surface area contributed by atoms with Crippen LogP contribution in [-0.2, 0) is 4.74 Å². The van der Waals surface area contributed by atoms with E-state index in [1.807, 2.05) is 24.3 Å². The molecule has 1 aliphatic heterocycles. The molecule has 1 heterocycles. The van der Waals surface area contributed by atoms with E-state index < -0.39 is 0 Å². The van der Waals surface area contributed by atoms with Gasteiger partial charge in [0.15, 0.2) is 0 Å². The van der Waals surface area contributed by atoms with Gasteiger partial charge in [-0.25, -0.2) is 4.99 Å². The van der Waals surface area contributed by atoms with Crippen molar-refractivity contribution >= 4 is 28.1 Å². The standard InChI is InChI=1S/C28H24N2O/c1-20(28-30-26(19-31-28)22-11-4-2-5-12-22)27(23-13-6-3-7-14-23)29-25-17-16-21-10-8-9-15-24(21)18-25/h2-18,26,29H,19H2,1H3. The summed E-state index contributed by atoms with van der Waals surface area (Å²) in [4.78, 5) is 4.89. The maximum atomic E-state index is 6.04. The number of ether oxygens (including phenoxy) is 1. The minimum atomic E-state index is 0.0313. The summed E-state index contributed by atoms with van der Waals surface area (Å²) in [5.41, 5.74) is 5.31. The van der Waals surface area contributed by atoms with Gasteiger partial charge >= 0.3 is 0 Å². The van der Waals surface area contributed by atoms with Gasteiger partial charge in [-0.1, -0.05) is 91.0 Å². The summed E-state index contributed by atoms with van der Waals surface area (Å²) in [6.45, 7) is 2.64. The molecule has 4 aromatic rings. The van der Waals surface area contributed by atoms with Crippen LogP contribution in [0.1, 0.15) is 24.1 Å². The molecular formula is C28H24N2O. The van der Waals surface area contributed by atoms with Crippen molar-refractivity contribution in [2.24, 2.45) is 4.99 Å². The molecule has 31 heavy (non-hydrogen) atoms. The SMILES string of the molecule is CC(C1=NC(c2ccccc2)CO1)=C(Nc1ccc2ccccc2c1)c1ccccc1. The zero-order chi connectivity index (χ0) is 21.0. The number of nitrogens with one attached hydrogen (secondary N) is 1. The molecule has 3 heteroatoms. The van der Waals surface area contributed by atoms with Crippen molar-refractivity contribution in [2.75, 3.05) is 11.9 Å². The van der Waals surface area contributed by atoms with E-state index in [1.165, 1.54) is 16.3 Å². The normalized spacial score (nSPS) is 16.4. The quantitative estimate of drug-likeness (QED) is 0.394. The summed E-state index contributed by atoms with van der Waals surface area (Å²) in [6, 6.07) is 35.5. The zero-order valence-electron chi connectivity index (χ0n) is 17.5. The van der Waals surface area contributed by atoms with Gasteiger partial charge in [0, 0.05) is 11.3 Å². The summed E-state index contributed by atoms with van der Waals surface area (Å²) in [5.74, 6) is 0.695. The number of nitrogens with zero attached hydrogens (tertiary/aromatic N) is 1. The molecule has 1 aliphatic rings. The third kappa shape index (κ3) is 4.08. The highest BCUT2D eigenvalue weighted by molar-refractivity contribution is 6.03. The van der Waals surface area contributed by atoms with Gasteiger partial charge < -0.3 is 10.1 Å². The highest BCUT2D eigenvalue weighted by Crippen LogP contribution is 2.30. The van der Waals surface area contributed by atoms with Crippen LogP contribution in [0.25, 0.3) is 16.5 Å². The van der Waals surface area contributed by atoms with Gasteiger partial charge in [-0.2, -0.15) is 0 Å². The van der Waals surface area contributed by atoms with Crippen molar-refractivity contribution in [1.29, 1.82) is 0 Å². The fourth-order valence-corrected chi connectivity index (χ4v) is 3.93. The first-order valence-electron chi connectivity index (χ1n) is 10.6. The Hall–Kier alpha value is -3.85. The monoisotopic (exact) mass is 404 g/mol. The molecular weight excluding hydrogens is 380 g/mol. The van der Waals surface area contributed by atoms with Crippen LogP contribution in [0.3, 0.4) is 0 Å². The number of hydrogen-bond acceptors (Lipinski definition) is 3. The molecule has 5 rings (SSSR count). The third-order valence-corrected chi connectivity index (χ3v) is 5.61. The lowest BCUT2D eigenvalue weighted by molar-refractivity contribution is 0.319. The van der Waals surface area contributed by atoms with E-state index >= 15 is 0 Å². The molecule has 0 spiro atoms. The van der Waals surface area contributed by atoms with Crippen molar-refractivity contribution < 1.29 is 4.74 Å². The van der Waals surface area contributed by atoms with Crippen LogP contribution in [0.2, 0.25) is 0 Å². The first-order chi connectivity index (χ1) is 15.3. The summed E-state index contributed by atoms with van der Waals surface area (Å²) in [7, 11) is 0. The van der Waals surface area contributed by atoms with E-state index in [4.69, 9.17) is 9.73 Å². The molecule has 0 radical (unpaired) electrons. The number of aliphatic imine (C=N–C) groups is 1. The van der Waals surface area contributed by atoms with Crippen molar-refractivity contribution in [2.45, 2.75) is 13.0 Å². The average Bonchev–Trinajstić information content (AvgIpc) is 3.34. The topological polar surface area (TPSA) is 33.6 Å². The Morgan fingerprint density at radius 2 is 1.48 bits per heavy atom. The van der Waals surface area contributed by atoms with E-state index in [9.17, 15) is 0 Å². The first-order valence-corrected chi connectivity index (χ1v) is 10.6. The van der Waals surface area contributed by atoms with Crippen LogP contribution >= 0.6 is 0 Å². The second-order valence-corrected chi connectivity index (χ2v) is 7.72. The molecule has 3 nitrogen and oxygen atoms in total. The second kappa shape index (κ2) is 8.49. The van der Waals surface area contributed by atoms with Crippen LogP contribution < -0.4 is 5.32 Å². The Kier molecular flexibility index (Phi) is 5.24. The maximum absolute atomic E-state index is 6.04. The van der Waals surface area contributed by atoms with E-state index in [0.29, 0.717) is 12.5 Å². The average molecular weight is 405 g/mol. The summed E-state index contributed by atoms with van der Waals surface area (Å²) < 4.78 is 6.04. The Labute approximate surface area is 182 Å². The summed E-state index contributed by atoms with van der Waals surface area (Å²) >= 11 is 0. The fraction of sp³-hybridized carbons (Fsp3) is 0.107. The molecule has 152 valence electrons. The number of benzene rings is 4. The van der Waals surface area contributed by atoms with E-state index in [-0.39, 0.29) is 6.04 Å². The van der Waals surface area contributed by atoms with Crippen molar-refractivity contribution in [1.82, 2.24) is 0 Å². The lowest BCUT2D eigenvalue weighted by Crippen LogP contribution is -2.09. The summed E-state index contributed by atoms with van der Waals surface area (Å²) in [5, 5.41) is 6.07. The predicted octanol–water partition coefficient (Wildman–Crippen LogP) is 6.85. The smallest absolute Gasteiger partial charge is 0.214 e. The molecule has 0 saturated carbocycles. The Morgan fingerprint density at radius 3 is 2.26 bits per heavy atom. The molecule has 4 aromatic carbocycles. The van der Waals surface area contributed by atoms with Crippen LogP contribution in [0.5, 0.6) is 0 Å². The lowest BCUT2D eigenvalue weighted by atomic mass is 10.1. The minimum absolute atomic E-state index is 0.0313. The molecule has 1 unspecified atom stereocenters. The van der Waals surface area contributed by atoms with Crippen LogP contribution in [0.15, 0.2) is 114 Å². The number of rotatable bonds is 5. The van der Waals surface area contributed by atoms with Gasteiger partial charge in [0.1, 0.15) is 12.6 Å². The molecule has 1 N–H and O–H groups in total. The van der Waals surface area contributed by atoms with Crippen LogP contribution in [0, 0.1) is 0 Å². The lowest BCUT2D eigenvalue weighted by Gasteiger charge is -2.16. The maximum Gasteiger partial charge on any atom is 0.214 e. The number of hydrogen-bond donors (Lipinski definition) is 1. The van der Waals surface area contributed by atoms with Gasteiger partial charge in [0.2, 0.25) is 5.90 Å². The van der Waals surface area contributed by atoms with Crippen molar-refractivity contribution in [3.8, 4) is 0 Å². The number of fused-ring (bicyclic) bond motifs is 1. The highest BCUT2D eigenvalue weighted by atomic mass is 16.5. The Bertz CT molecular complexity index is 1260. The molecule has 0 fully saturated rings. The van der Waals surface area contributed by atoms with E-state index in [2.05, 4.69) is 91.1 Å². The molecule has 0 bridgehead atoms. The van der Waals surface area contributed by atoms with Crippen LogP contribution in [-0.4, -0.2) is 12.5 Å². The molecule has 0 aromatic heterocycles. The van der Waals surface area contributed by atoms with Gasteiger partial charge in [-0.3, -0.25) is 0 Å². The van der Waals surface area contributed by atoms with Crippen molar-refractivity contribution in [3.63, 3.8) is 0 Å². The van der Waals surface area contributed by atoms with E-state index in [0.717, 1.165) is 22.5 Å². The van der Waals surface area contributed by atoms with Gasteiger partial charge in [-0.15, -0.1) is 0 Å². The Morgan fingerprint density at radius 1 is 0.806 bits per heavy atom. The molecule has 0 amide bonds. The molecule has 1 atom stereocenters. The van der Waals surface area contributed by atoms with Gasteiger partial charge in [-0.05, 0) is 41.0 Å². The van der Waals surface area contributed by atoms with Crippen molar-refractivity contribution in [3.05, 3.63) is 120 Å². The molecule has 0 saturated heterocycles. The second-order valence-electron chi connectivity index (χ2n) is 7.72. The predicted molar refractivity (Wildman–Crippen MR) is 129 cm³/mol. The van der Waals surface area contributed by atoms with E-state index in [1.54, 1.807) is 0 Å². The third-order valence-electron chi connectivity index (χ3n) is 5.61. The van der Waals surface area contributed by atoms with Gasteiger partial charge in [0.25, 0.3) is 0 Å². The Balaban J connectivity index is 1.53. The fourth-order valence-electron chi connectivity index (χ4n) is 3.93. The largest absolute Gasteiger partial charge is 0.475 e. The molecule has 0 aliphatic carbocycles. The number of anilines is 1. The van der Waals surface area contributed by atoms with Gasteiger partial charge in [0.05, 0.1) is 5.70 Å². The van der Waals surface area contributed by atoms with Crippen LogP contribution in [0.4, 0.5) is 5.69 Å². The first kappa shape index (κ1) is 19.1.